The van der Waals surface area contributed by atoms with Crippen molar-refractivity contribution in [1.82, 2.24) is 4.90 Å². The Morgan fingerprint density at radius 1 is 1.17 bits per heavy atom. The van der Waals surface area contributed by atoms with E-state index in [1.54, 1.807) is 24.3 Å². The van der Waals surface area contributed by atoms with Crippen LogP contribution < -0.4 is 0 Å². The summed E-state index contributed by atoms with van der Waals surface area (Å²) in [5.74, 6) is 0. The second-order valence-electron chi connectivity index (χ2n) is 5.75. The fourth-order valence-corrected chi connectivity index (χ4v) is 3.07. The van der Waals surface area contributed by atoms with Gasteiger partial charge in [0.15, 0.2) is 0 Å². The highest BCUT2D eigenvalue weighted by molar-refractivity contribution is 6.30. The van der Waals surface area contributed by atoms with Crippen LogP contribution in [0.3, 0.4) is 0 Å². The van der Waals surface area contributed by atoms with Crippen molar-refractivity contribution in [2.24, 2.45) is 0 Å². The van der Waals surface area contributed by atoms with Crippen molar-refractivity contribution < 1.29 is 19.7 Å². The van der Waals surface area contributed by atoms with Crippen LogP contribution in [0.4, 0.5) is 4.79 Å². The molecule has 126 valence electrons. The van der Waals surface area contributed by atoms with Gasteiger partial charge in [0, 0.05) is 5.02 Å². The maximum absolute atomic E-state index is 12.4. The van der Waals surface area contributed by atoms with Gasteiger partial charge in [-0.15, -0.1) is 0 Å². The van der Waals surface area contributed by atoms with Crippen LogP contribution in [0, 0.1) is 0 Å². The van der Waals surface area contributed by atoms with Crippen molar-refractivity contribution in [3.05, 3.63) is 70.7 Å². The van der Waals surface area contributed by atoms with E-state index in [4.69, 9.17) is 16.3 Å². The third kappa shape index (κ3) is 3.53. The topological polar surface area (TPSA) is 70.0 Å². The van der Waals surface area contributed by atoms with Crippen LogP contribution >= 0.6 is 11.6 Å². The number of benzene rings is 2. The molecule has 1 aliphatic rings. The molecule has 3 rings (SSSR count). The van der Waals surface area contributed by atoms with Crippen molar-refractivity contribution >= 4 is 17.7 Å². The monoisotopic (exact) mass is 347 g/mol. The number of nitrogens with zero attached hydrogens (tertiary/aromatic N) is 1. The Kier molecular flexibility index (Phi) is 5.04. The zero-order valence-corrected chi connectivity index (χ0v) is 13.6. The van der Waals surface area contributed by atoms with Gasteiger partial charge in [-0.05, 0) is 23.3 Å². The van der Waals surface area contributed by atoms with E-state index in [2.05, 4.69) is 0 Å². The van der Waals surface area contributed by atoms with Crippen molar-refractivity contribution in [2.75, 3.05) is 6.54 Å². The quantitative estimate of drug-likeness (QED) is 0.895. The van der Waals surface area contributed by atoms with Crippen LogP contribution in [-0.2, 0) is 11.3 Å². The van der Waals surface area contributed by atoms with E-state index < -0.39 is 24.3 Å². The predicted octanol–water partition coefficient (Wildman–Crippen LogP) is 2.76. The summed E-state index contributed by atoms with van der Waals surface area (Å²) < 4.78 is 5.32. The number of β-amino-alcohol motifs (C(OH)–C–C–N with tert-alkyl or cyclic N) is 1. The summed E-state index contributed by atoms with van der Waals surface area (Å²) in [6.45, 7) is 0.136. The summed E-state index contributed by atoms with van der Waals surface area (Å²) in [5.41, 5.74) is 1.52. The highest BCUT2D eigenvalue weighted by Crippen LogP contribution is 2.34. The van der Waals surface area contributed by atoms with E-state index in [1.165, 1.54) is 4.90 Å². The van der Waals surface area contributed by atoms with Crippen LogP contribution in [0.15, 0.2) is 54.6 Å². The Labute approximate surface area is 145 Å². The molecule has 1 aliphatic heterocycles. The number of hydrogen-bond acceptors (Lipinski definition) is 4. The molecule has 2 aromatic rings. The minimum atomic E-state index is -1.09. The molecule has 24 heavy (non-hydrogen) atoms. The number of aliphatic hydroxyl groups excluding tert-OH is 2. The number of carbonyl (C=O) groups is 1. The summed E-state index contributed by atoms with van der Waals surface area (Å²) in [5, 5.41) is 20.7. The summed E-state index contributed by atoms with van der Waals surface area (Å²) in [6, 6.07) is 15.5. The molecule has 1 heterocycles. The Morgan fingerprint density at radius 2 is 1.92 bits per heavy atom. The fraction of sp³-hybridized carbons (Fsp3) is 0.278. The molecule has 0 saturated carbocycles. The average molecular weight is 348 g/mol. The first-order valence-electron chi connectivity index (χ1n) is 7.65. The van der Waals surface area contributed by atoms with Gasteiger partial charge in [0.2, 0.25) is 0 Å². The fourth-order valence-electron chi connectivity index (χ4n) is 2.88. The molecule has 0 bridgehead atoms. The number of amides is 1. The third-order valence-electron chi connectivity index (χ3n) is 4.07. The van der Waals surface area contributed by atoms with Gasteiger partial charge in [0.1, 0.15) is 12.7 Å². The van der Waals surface area contributed by atoms with Gasteiger partial charge < -0.3 is 14.9 Å². The SMILES string of the molecule is O=C(OCc1ccccc1)N1C[C@H](O)[C@H](O)C1c1cccc(Cl)c1. The van der Waals surface area contributed by atoms with E-state index in [0.29, 0.717) is 10.6 Å². The highest BCUT2D eigenvalue weighted by atomic mass is 35.5. The molecule has 1 fully saturated rings. The number of carbonyl (C=O) groups excluding carboxylic acids is 1. The molecule has 3 atom stereocenters. The first kappa shape index (κ1) is 16.8. The standard InChI is InChI=1S/C18H18ClNO4/c19-14-8-4-7-13(9-14)16-17(22)15(21)10-20(16)18(23)24-11-12-5-2-1-3-6-12/h1-9,15-17,21-22H,10-11H2/t15-,16?,17-/m0/s1. The molecular formula is C18H18ClNO4. The van der Waals surface area contributed by atoms with Gasteiger partial charge in [-0.2, -0.15) is 0 Å². The van der Waals surface area contributed by atoms with Gasteiger partial charge >= 0.3 is 6.09 Å². The molecule has 2 aromatic carbocycles. The van der Waals surface area contributed by atoms with E-state index in [0.717, 1.165) is 5.56 Å². The van der Waals surface area contributed by atoms with E-state index >= 15 is 0 Å². The van der Waals surface area contributed by atoms with Crippen LogP contribution in [0.2, 0.25) is 5.02 Å². The molecule has 1 amide bonds. The first-order valence-corrected chi connectivity index (χ1v) is 8.03. The summed E-state index contributed by atoms with van der Waals surface area (Å²) in [4.78, 5) is 13.8. The Balaban J connectivity index is 1.76. The number of rotatable bonds is 3. The number of halogens is 1. The molecule has 0 aliphatic carbocycles. The lowest BCUT2D eigenvalue weighted by Gasteiger charge is -2.25. The molecule has 0 spiro atoms. The molecule has 1 saturated heterocycles. The van der Waals surface area contributed by atoms with Crippen LogP contribution in [-0.4, -0.2) is 40.0 Å². The van der Waals surface area contributed by atoms with Crippen molar-refractivity contribution in [3.63, 3.8) is 0 Å². The minimum Gasteiger partial charge on any atom is -0.445 e. The number of hydrogen-bond donors (Lipinski definition) is 2. The van der Waals surface area contributed by atoms with Gasteiger partial charge in [-0.1, -0.05) is 54.1 Å². The zero-order valence-electron chi connectivity index (χ0n) is 12.9. The van der Waals surface area contributed by atoms with E-state index in [9.17, 15) is 15.0 Å². The van der Waals surface area contributed by atoms with Crippen LogP contribution in [0.25, 0.3) is 0 Å². The Hall–Kier alpha value is -2.08. The van der Waals surface area contributed by atoms with Crippen molar-refractivity contribution in [3.8, 4) is 0 Å². The normalized spacial score (nSPS) is 23.3. The first-order chi connectivity index (χ1) is 11.6. The Bertz CT molecular complexity index is 709. The lowest BCUT2D eigenvalue weighted by atomic mass is 10.0. The average Bonchev–Trinajstić information content (AvgIpc) is 2.89. The van der Waals surface area contributed by atoms with Crippen molar-refractivity contribution in [1.29, 1.82) is 0 Å². The molecular weight excluding hydrogens is 330 g/mol. The maximum Gasteiger partial charge on any atom is 0.410 e. The number of ether oxygens (including phenoxy) is 1. The van der Waals surface area contributed by atoms with E-state index in [1.807, 2.05) is 30.3 Å². The minimum absolute atomic E-state index is 0.00592. The van der Waals surface area contributed by atoms with Gasteiger partial charge in [0.05, 0.1) is 18.7 Å². The highest BCUT2D eigenvalue weighted by Gasteiger charge is 2.44. The predicted molar refractivity (Wildman–Crippen MR) is 89.5 cm³/mol. The third-order valence-corrected chi connectivity index (χ3v) is 4.30. The summed E-state index contributed by atoms with van der Waals surface area (Å²) >= 11 is 6.00. The lowest BCUT2D eigenvalue weighted by Crippen LogP contribution is -2.33. The number of likely N-dealkylation sites (tertiary alicyclic amines) is 1. The van der Waals surface area contributed by atoms with Crippen LogP contribution in [0.1, 0.15) is 17.2 Å². The smallest absolute Gasteiger partial charge is 0.410 e. The largest absolute Gasteiger partial charge is 0.445 e. The molecule has 2 N–H and O–H groups in total. The second kappa shape index (κ2) is 7.21. The molecule has 6 heteroatoms. The van der Waals surface area contributed by atoms with E-state index in [-0.39, 0.29) is 13.2 Å². The molecule has 0 radical (unpaired) electrons. The summed E-state index contributed by atoms with van der Waals surface area (Å²) in [7, 11) is 0. The second-order valence-corrected chi connectivity index (χ2v) is 6.19. The molecule has 0 aromatic heterocycles. The van der Waals surface area contributed by atoms with Crippen LogP contribution in [0.5, 0.6) is 0 Å². The number of aliphatic hydroxyl groups is 2. The zero-order chi connectivity index (χ0) is 17.1. The maximum atomic E-state index is 12.4. The summed E-state index contributed by atoms with van der Waals surface area (Å²) in [6.07, 6.45) is -2.70. The molecule has 5 nitrogen and oxygen atoms in total. The Morgan fingerprint density at radius 3 is 2.62 bits per heavy atom. The van der Waals surface area contributed by atoms with Crippen molar-refractivity contribution in [2.45, 2.75) is 24.9 Å². The van der Waals surface area contributed by atoms with Gasteiger partial charge in [-0.25, -0.2) is 4.79 Å². The van der Waals surface area contributed by atoms with Gasteiger partial charge in [-0.3, -0.25) is 4.90 Å². The molecule has 1 unspecified atom stereocenters. The van der Waals surface area contributed by atoms with Gasteiger partial charge in [0.25, 0.3) is 0 Å². The lowest BCUT2D eigenvalue weighted by molar-refractivity contribution is 0.0356.